The number of nitrogens with zero attached hydrogens (tertiary/aromatic N) is 3. The molecule has 9 heteroatoms. The summed E-state index contributed by atoms with van der Waals surface area (Å²) in [6.45, 7) is 3.46. The SMILES string of the molecule is CC(C)(CC(=O)O)NC(=O)CCn1cnc([N+](=O)[O-])c1. The Bertz CT molecular complexity index is 523. The van der Waals surface area contributed by atoms with Gasteiger partial charge >= 0.3 is 11.8 Å². The van der Waals surface area contributed by atoms with Gasteiger partial charge in [-0.25, -0.2) is 0 Å². The first-order valence-electron chi connectivity index (χ1n) is 5.88. The van der Waals surface area contributed by atoms with Gasteiger partial charge in [-0.05, 0) is 23.8 Å². The predicted octanol–water partition coefficient (Wildman–Crippen LogP) is 0.551. The molecule has 0 unspecified atom stereocenters. The molecule has 0 aliphatic rings. The predicted molar refractivity (Wildman–Crippen MR) is 68.0 cm³/mol. The van der Waals surface area contributed by atoms with Crippen molar-refractivity contribution in [2.75, 3.05) is 0 Å². The topological polar surface area (TPSA) is 127 Å². The fourth-order valence-corrected chi connectivity index (χ4v) is 1.66. The molecule has 0 atom stereocenters. The number of carboxylic acids is 1. The second-order valence-corrected chi connectivity index (χ2v) is 4.98. The molecule has 0 aliphatic carbocycles. The van der Waals surface area contributed by atoms with E-state index in [1.54, 1.807) is 13.8 Å². The Balaban J connectivity index is 2.46. The standard InChI is InChI=1S/C11H16N4O5/c1-11(2,5-10(17)18)13-9(16)3-4-14-6-8(12-7-14)15(19)20/h6-7H,3-5H2,1-2H3,(H,13,16)(H,17,18). The zero-order chi connectivity index (χ0) is 15.3. The molecule has 0 aliphatic heterocycles. The quantitative estimate of drug-likeness (QED) is 0.556. The van der Waals surface area contributed by atoms with Gasteiger partial charge in [0.1, 0.15) is 6.20 Å². The number of aryl methyl sites for hydroxylation is 1. The minimum absolute atomic E-state index is 0.0799. The third-order valence-electron chi connectivity index (χ3n) is 2.47. The molecule has 1 aromatic rings. The lowest BCUT2D eigenvalue weighted by Gasteiger charge is -2.24. The van der Waals surface area contributed by atoms with Crippen LogP contribution < -0.4 is 5.32 Å². The second-order valence-electron chi connectivity index (χ2n) is 4.98. The number of nitrogens with one attached hydrogen (secondary N) is 1. The maximum absolute atomic E-state index is 11.7. The number of carbonyl (C=O) groups excluding carboxylic acids is 1. The number of nitro groups is 1. The third-order valence-corrected chi connectivity index (χ3v) is 2.47. The van der Waals surface area contributed by atoms with Crippen LogP contribution in [-0.2, 0) is 16.1 Å². The summed E-state index contributed by atoms with van der Waals surface area (Å²) >= 11 is 0. The van der Waals surface area contributed by atoms with Crippen molar-refractivity contribution in [1.82, 2.24) is 14.9 Å². The maximum Gasteiger partial charge on any atom is 0.381 e. The van der Waals surface area contributed by atoms with E-state index in [2.05, 4.69) is 10.3 Å². The van der Waals surface area contributed by atoms with E-state index in [1.165, 1.54) is 17.1 Å². The van der Waals surface area contributed by atoms with Gasteiger partial charge in [-0.1, -0.05) is 0 Å². The van der Waals surface area contributed by atoms with Crippen LogP contribution in [0.5, 0.6) is 0 Å². The van der Waals surface area contributed by atoms with Crippen LogP contribution in [0.1, 0.15) is 26.7 Å². The Labute approximate surface area is 114 Å². The molecule has 0 bridgehead atoms. The third kappa shape index (κ3) is 5.04. The summed E-state index contributed by atoms with van der Waals surface area (Å²) < 4.78 is 1.43. The summed E-state index contributed by atoms with van der Waals surface area (Å²) in [5.74, 6) is -1.61. The number of hydrogen-bond donors (Lipinski definition) is 2. The average Bonchev–Trinajstić information content (AvgIpc) is 2.72. The molecule has 0 radical (unpaired) electrons. The van der Waals surface area contributed by atoms with Crippen molar-refractivity contribution in [2.45, 2.75) is 38.8 Å². The summed E-state index contributed by atoms with van der Waals surface area (Å²) in [6.07, 6.45) is 2.40. The van der Waals surface area contributed by atoms with Gasteiger partial charge in [-0.2, -0.15) is 0 Å². The first-order chi connectivity index (χ1) is 9.19. The number of hydrogen-bond acceptors (Lipinski definition) is 5. The van der Waals surface area contributed by atoms with Gasteiger partial charge in [0.2, 0.25) is 12.2 Å². The number of amides is 1. The number of aromatic nitrogens is 2. The molecule has 0 spiro atoms. The Hall–Kier alpha value is -2.45. The van der Waals surface area contributed by atoms with Crippen LogP contribution in [0.3, 0.4) is 0 Å². The van der Waals surface area contributed by atoms with Gasteiger partial charge in [0.25, 0.3) is 0 Å². The van der Waals surface area contributed by atoms with Gasteiger partial charge in [0, 0.05) is 18.5 Å². The monoisotopic (exact) mass is 284 g/mol. The van der Waals surface area contributed by atoms with Gasteiger partial charge in [-0.3, -0.25) is 9.59 Å². The number of carbonyl (C=O) groups is 2. The summed E-state index contributed by atoms with van der Waals surface area (Å²) in [7, 11) is 0. The molecule has 9 nitrogen and oxygen atoms in total. The highest BCUT2D eigenvalue weighted by atomic mass is 16.6. The van der Waals surface area contributed by atoms with Gasteiger partial charge in [0.05, 0.1) is 6.42 Å². The first-order valence-corrected chi connectivity index (χ1v) is 5.88. The van der Waals surface area contributed by atoms with E-state index in [1.807, 2.05) is 0 Å². The van der Waals surface area contributed by atoms with E-state index in [4.69, 9.17) is 5.11 Å². The molecule has 20 heavy (non-hydrogen) atoms. The molecule has 0 fully saturated rings. The number of imidazole rings is 1. The molecule has 1 aromatic heterocycles. The van der Waals surface area contributed by atoms with Crippen molar-refractivity contribution in [3.8, 4) is 0 Å². The zero-order valence-electron chi connectivity index (χ0n) is 11.2. The highest BCUT2D eigenvalue weighted by Gasteiger charge is 2.23. The molecule has 0 saturated heterocycles. The van der Waals surface area contributed by atoms with Crippen LogP contribution in [0.4, 0.5) is 5.82 Å². The first kappa shape index (κ1) is 15.6. The van der Waals surface area contributed by atoms with Crippen molar-refractivity contribution in [1.29, 1.82) is 0 Å². The van der Waals surface area contributed by atoms with Crippen molar-refractivity contribution in [3.63, 3.8) is 0 Å². The van der Waals surface area contributed by atoms with Crippen molar-refractivity contribution in [2.24, 2.45) is 0 Å². The Morgan fingerprint density at radius 1 is 1.55 bits per heavy atom. The maximum atomic E-state index is 11.7. The molecule has 110 valence electrons. The number of carboxylic acid groups (broad SMARTS) is 1. The van der Waals surface area contributed by atoms with Crippen molar-refractivity contribution in [3.05, 3.63) is 22.6 Å². The minimum Gasteiger partial charge on any atom is -0.481 e. The summed E-state index contributed by atoms with van der Waals surface area (Å²) in [5.41, 5.74) is -0.843. The van der Waals surface area contributed by atoms with Crippen LogP contribution in [-0.4, -0.2) is 37.0 Å². The lowest BCUT2D eigenvalue weighted by atomic mass is 10.0. The second kappa shape index (κ2) is 6.13. The van der Waals surface area contributed by atoms with E-state index in [9.17, 15) is 19.7 Å². The average molecular weight is 284 g/mol. The summed E-state index contributed by atoms with van der Waals surface area (Å²) in [5, 5.41) is 21.7. The fourth-order valence-electron chi connectivity index (χ4n) is 1.66. The van der Waals surface area contributed by atoms with Crippen LogP contribution in [0, 0.1) is 10.1 Å². The normalized spacial score (nSPS) is 11.1. The Morgan fingerprint density at radius 3 is 2.70 bits per heavy atom. The Morgan fingerprint density at radius 2 is 2.20 bits per heavy atom. The molecular weight excluding hydrogens is 268 g/mol. The van der Waals surface area contributed by atoms with E-state index in [-0.39, 0.29) is 31.1 Å². The van der Waals surface area contributed by atoms with Crippen LogP contribution >= 0.6 is 0 Å². The number of rotatable bonds is 7. The molecule has 2 N–H and O–H groups in total. The zero-order valence-corrected chi connectivity index (χ0v) is 11.2. The minimum atomic E-state index is -1.000. The summed E-state index contributed by atoms with van der Waals surface area (Å²) in [6, 6.07) is 0. The van der Waals surface area contributed by atoms with Crippen LogP contribution in [0.25, 0.3) is 0 Å². The van der Waals surface area contributed by atoms with E-state index < -0.39 is 16.4 Å². The smallest absolute Gasteiger partial charge is 0.381 e. The Kier molecular flexibility index (Phi) is 4.78. The van der Waals surface area contributed by atoms with E-state index in [0.717, 1.165) is 0 Å². The molecule has 1 rings (SSSR count). The van der Waals surface area contributed by atoms with Crippen LogP contribution in [0.15, 0.2) is 12.5 Å². The highest BCUT2D eigenvalue weighted by Crippen LogP contribution is 2.09. The van der Waals surface area contributed by atoms with E-state index in [0.29, 0.717) is 0 Å². The summed E-state index contributed by atoms with van der Waals surface area (Å²) in [4.78, 5) is 35.7. The van der Waals surface area contributed by atoms with Crippen LogP contribution in [0.2, 0.25) is 0 Å². The van der Waals surface area contributed by atoms with Crippen molar-refractivity contribution >= 4 is 17.7 Å². The van der Waals surface area contributed by atoms with E-state index >= 15 is 0 Å². The molecule has 1 amide bonds. The van der Waals surface area contributed by atoms with Crippen molar-refractivity contribution < 1.29 is 19.6 Å². The van der Waals surface area contributed by atoms with Gasteiger partial charge < -0.3 is 25.1 Å². The highest BCUT2D eigenvalue weighted by molar-refractivity contribution is 5.78. The molecule has 0 aromatic carbocycles. The lowest BCUT2D eigenvalue weighted by Crippen LogP contribution is -2.45. The molecular formula is C11H16N4O5. The fraction of sp³-hybridized carbons (Fsp3) is 0.545. The van der Waals surface area contributed by atoms with Gasteiger partial charge in [-0.15, -0.1) is 0 Å². The molecule has 1 heterocycles. The largest absolute Gasteiger partial charge is 0.481 e. The molecule has 0 saturated carbocycles. The number of aliphatic carboxylic acids is 1. The van der Waals surface area contributed by atoms with Gasteiger partial charge in [0.15, 0.2) is 0 Å². The lowest BCUT2D eigenvalue weighted by molar-refractivity contribution is -0.389.